The SMILES string of the molecule is Cc1nc(NCc2cccc(C(F)F)c2F)c2cc(N3CCOCC3)c(C(F)(F)F)nc2n1. The van der Waals surface area contributed by atoms with Crippen molar-refractivity contribution in [3.05, 3.63) is 52.7 Å². The highest BCUT2D eigenvalue weighted by Gasteiger charge is 2.38. The molecule has 3 heterocycles. The van der Waals surface area contributed by atoms with Gasteiger partial charge in [0.05, 0.1) is 29.9 Å². The minimum Gasteiger partial charge on any atom is -0.378 e. The van der Waals surface area contributed by atoms with Gasteiger partial charge in [0.1, 0.15) is 17.5 Å². The topological polar surface area (TPSA) is 63.2 Å². The molecule has 0 saturated carbocycles. The Morgan fingerprint density at radius 1 is 1.12 bits per heavy atom. The van der Waals surface area contributed by atoms with Crippen LogP contribution in [0.25, 0.3) is 11.0 Å². The Labute approximate surface area is 184 Å². The van der Waals surface area contributed by atoms with E-state index in [2.05, 4.69) is 20.3 Å². The van der Waals surface area contributed by atoms with Crippen LogP contribution in [0, 0.1) is 12.7 Å². The molecule has 1 fully saturated rings. The molecule has 33 heavy (non-hydrogen) atoms. The Kier molecular flexibility index (Phi) is 6.28. The number of halogens is 6. The molecule has 0 aliphatic carbocycles. The number of nitrogens with one attached hydrogen (secondary N) is 1. The van der Waals surface area contributed by atoms with Crippen LogP contribution in [-0.2, 0) is 17.5 Å². The Morgan fingerprint density at radius 2 is 1.85 bits per heavy atom. The van der Waals surface area contributed by atoms with Gasteiger partial charge in [-0.1, -0.05) is 18.2 Å². The minimum absolute atomic E-state index is 0.0366. The molecule has 1 aliphatic heterocycles. The average molecular weight is 471 g/mol. The molecular formula is C21H19F6N5O. The molecule has 176 valence electrons. The Morgan fingerprint density at radius 3 is 2.52 bits per heavy atom. The summed E-state index contributed by atoms with van der Waals surface area (Å²) in [5.74, 6) is -0.789. The molecule has 1 aliphatic rings. The molecule has 2 aromatic heterocycles. The van der Waals surface area contributed by atoms with Gasteiger partial charge in [0.25, 0.3) is 6.43 Å². The van der Waals surface area contributed by atoms with E-state index in [0.717, 1.165) is 6.07 Å². The highest BCUT2D eigenvalue weighted by Crippen LogP contribution is 2.38. The molecule has 0 amide bonds. The number of ether oxygens (including phenoxy) is 1. The van der Waals surface area contributed by atoms with Crippen LogP contribution in [-0.4, -0.2) is 41.3 Å². The number of pyridine rings is 1. The molecule has 0 radical (unpaired) electrons. The molecule has 12 heteroatoms. The minimum atomic E-state index is -4.72. The smallest absolute Gasteiger partial charge is 0.378 e. The Bertz CT molecular complexity index is 1160. The average Bonchev–Trinajstić information content (AvgIpc) is 2.77. The highest BCUT2D eigenvalue weighted by atomic mass is 19.4. The molecule has 0 spiro atoms. The third-order valence-corrected chi connectivity index (χ3v) is 5.19. The first-order valence-electron chi connectivity index (χ1n) is 10.0. The molecular weight excluding hydrogens is 452 g/mol. The number of rotatable bonds is 5. The van der Waals surface area contributed by atoms with Gasteiger partial charge in [0.2, 0.25) is 0 Å². The molecule has 6 nitrogen and oxygen atoms in total. The fraction of sp³-hybridized carbons (Fsp3) is 0.381. The second kappa shape index (κ2) is 9.00. The summed E-state index contributed by atoms with van der Waals surface area (Å²) >= 11 is 0. The molecule has 4 rings (SSSR count). The Balaban J connectivity index is 1.76. The quantitative estimate of drug-likeness (QED) is 0.536. The lowest BCUT2D eigenvalue weighted by Gasteiger charge is -2.30. The van der Waals surface area contributed by atoms with Gasteiger partial charge < -0.3 is 15.0 Å². The van der Waals surface area contributed by atoms with Gasteiger partial charge in [-0.25, -0.2) is 28.1 Å². The van der Waals surface area contributed by atoms with Crippen molar-refractivity contribution in [2.24, 2.45) is 0 Å². The lowest BCUT2D eigenvalue weighted by atomic mass is 10.1. The van der Waals surface area contributed by atoms with Gasteiger partial charge in [0.15, 0.2) is 11.3 Å². The number of nitrogens with zero attached hydrogens (tertiary/aromatic N) is 4. The highest BCUT2D eigenvalue weighted by molar-refractivity contribution is 5.90. The van der Waals surface area contributed by atoms with E-state index in [1.165, 1.54) is 30.0 Å². The van der Waals surface area contributed by atoms with Crippen LogP contribution in [0.2, 0.25) is 0 Å². The van der Waals surface area contributed by atoms with Crippen LogP contribution < -0.4 is 10.2 Å². The lowest BCUT2D eigenvalue weighted by molar-refractivity contribution is -0.140. The fourth-order valence-corrected chi connectivity index (χ4v) is 3.63. The van der Waals surface area contributed by atoms with Gasteiger partial charge in [-0.15, -0.1) is 0 Å². The summed E-state index contributed by atoms with van der Waals surface area (Å²) in [5, 5.41) is 3.03. The maximum absolute atomic E-state index is 14.4. The molecule has 1 saturated heterocycles. The monoisotopic (exact) mass is 471 g/mol. The van der Waals surface area contributed by atoms with E-state index >= 15 is 0 Å². The summed E-state index contributed by atoms with van der Waals surface area (Å²) in [5.41, 5.74) is -2.16. The third-order valence-electron chi connectivity index (χ3n) is 5.19. The number of anilines is 2. The van der Waals surface area contributed by atoms with E-state index in [-0.39, 0.29) is 66.8 Å². The standard InChI is InChI=1S/C21H19F6N5O/c1-11-29-19(28-10-12-3-2-4-13(16(12)22)18(23)24)14-9-15(32-5-7-33-8-6-32)17(21(25,26)27)31-20(14)30-11/h2-4,9,18H,5-8,10H2,1H3,(H,28,29,30,31). The van der Waals surface area contributed by atoms with Crippen LogP contribution in [0.1, 0.15) is 29.1 Å². The summed E-state index contributed by atoms with van der Waals surface area (Å²) in [6.07, 6.45) is -7.69. The third kappa shape index (κ3) is 4.80. The van der Waals surface area contributed by atoms with E-state index in [1.54, 1.807) is 0 Å². The summed E-state index contributed by atoms with van der Waals surface area (Å²) < 4.78 is 86.9. The number of hydrogen-bond acceptors (Lipinski definition) is 6. The van der Waals surface area contributed by atoms with Gasteiger partial charge in [0, 0.05) is 25.2 Å². The summed E-state index contributed by atoms with van der Waals surface area (Å²) in [7, 11) is 0. The van der Waals surface area contributed by atoms with Crippen molar-refractivity contribution in [1.29, 1.82) is 0 Å². The second-order valence-electron chi connectivity index (χ2n) is 7.42. The Hall–Kier alpha value is -3.15. The normalized spacial score (nSPS) is 14.8. The van der Waals surface area contributed by atoms with Crippen molar-refractivity contribution in [3.63, 3.8) is 0 Å². The first-order valence-corrected chi connectivity index (χ1v) is 10.0. The van der Waals surface area contributed by atoms with E-state index < -0.39 is 29.7 Å². The second-order valence-corrected chi connectivity index (χ2v) is 7.42. The van der Waals surface area contributed by atoms with Crippen LogP contribution in [0.5, 0.6) is 0 Å². The maximum Gasteiger partial charge on any atom is 0.435 e. The zero-order valence-corrected chi connectivity index (χ0v) is 17.4. The van der Waals surface area contributed by atoms with Crippen molar-refractivity contribution in [1.82, 2.24) is 15.0 Å². The predicted molar refractivity (Wildman–Crippen MR) is 109 cm³/mol. The lowest BCUT2D eigenvalue weighted by Crippen LogP contribution is -2.37. The largest absolute Gasteiger partial charge is 0.435 e. The predicted octanol–water partition coefficient (Wildman–Crippen LogP) is 4.88. The zero-order chi connectivity index (χ0) is 23.8. The van der Waals surface area contributed by atoms with Gasteiger partial charge in [-0.05, 0) is 13.0 Å². The number of aromatic nitrogens is 3. The number of alkyl halides is 5. The van der Waals surface area contributed by atoms with Crippen LogP contribution in [0.15, 0.2) is 24.3 Å². The van der Waals surface area contributed by atoms with Crippen molar-refractivity contribution in [2.75, 3.05) is 36.5 Å². The van der Waals surface area contributed by atoms with Crippen LogP contribution >= 0.6 is 0 Å². The maximum atomic E-state index is 14.4. The molecule has 0 atom stereocenters. The molecule has 1 N–H and O–H groups in total. The number of benzene rings is 1. The zero-order valence-electron chi connectivity index (χ0n) is 17.4. The van der Waals surface area contributed by atoms with Crippen molar-refractivity contribution in [2.45, 2.75) is 26.1 Å². The van der Waals surface area contributed by atoms with E-state index in [0.29, 0.717) is 0 Å². The van der Waals surface area contributed by atoms with E-state index in [1.807, 2.05) is 0 Å². The molecule has 3 aromatic rings. The summed E-state index contributed by atoms with van der Waals surface area (Å²) in [6.45, 7) is 2.29. The van der Waals surface area contributed by atoms with Crippen LogP contribution in [0.3, 0.4) is 0 Å². The summed E-state index contributed by atoms with van der Waals surface area (Å²) in [4.78, 5) is 13.6. The molecule has 0 bridgehead atoms. The van der Waals surface area contributed by atoms with Crippen LogP contribution in [0.4, 0.5) is 37.8 Å². The van der Waals surface area contributed by atoms with Crippen molar-refractivity contribution < 1.29 is 31.1 Å². The van der Waals surface area contributed by atoms with E-state index in [4.69, 9.17) is 4.74 Å². The summed E-state index contributed by atoms with van der Waals surface area (Å²) in [6, 6.07) is 4.93. The van der Waals surface area contributed by atoms with E-state index in [9.17, 15) is 26.3 Å². The number of aryl methyl sites for hydroxylation is 1. The van der Waals surface area contributed by atoms with Crippen molar-refractivity contribution in [3.8, 4) is 0 Å². The number of fused-ring (bicyclic) bond motifs is 1. The molecule has 0 unspecified atom stereocenters. The van der Waals surface area contributed by atoms with Gasteiger partial charge >= 0.3 is 6.18 Å². The van der Waals surface area contributed by atoms with Crippen molar-refractivity contribution >= 4 is 22.5 Å². The molecule has 1 aromatic carbocycles. The fourth-order valence-electron chi connectivity index (χ4n) is 3.63. The first-order chi connectivity index (χ1) is 15.6. The number of hydrogen-bond donors (Lipinski definition) is 1. The number of morpholine rings is 1. The van der Waals surface area contributed by atoms with Gasteiger partial charge in [-0.3, -0.25) is 0 Å². The first kappa shape index (κ1) is 23.0. The van der Waals surface area contributed by atoms with Gasteiger partial charge in [-0.2, -0.15) is 13.2 Å².